The van der Waals surface area contributed by atoms with E-state index in [1.54, 1.807) is 25.1 Å². The SMILES string of the molecule is CCC1Oc2cc(NC(=O)CCC(=O)O)ccc2N(CC#N)C1=O. The Morgan fingerprint density at radius 3 is 2.79 bits per heavy atom. The lowest BCUT2D eigenvalue weighted by atomic mass is 10.1. The third-order valence-electron chi connectivity index (χ3n) is 3.51. The van der Waals surface area contributed by atoms with Gasteiger partial charge in [-0.25, -0.2) is 0 Å². The smallest absolute Gasteiger partial charge is 0.303 e. The molecule has 1 aromatic rings. The molecule has 2 amide bonds. The Morgan fingerprint density at radius 1 is 1.42 bits per heavy atom. The van der Waals surface area contributed by atoms with Crippen molar-refractivity contribution in [3.8, 4) is 11.8 Å². The maximum absolute atomic E-state index is 12.2. The molecule has 8 nitrogen and oxygen atoms in total. The fourth-order valence-electron chi connectivity index (χ4n) is 2.34. The summed E-state index contributed by atoms with van der Waals surface area (Å²) in [6, 6.07) is 6.68. The largest absolute Gasteiger partial charge is 0.481 e. The molecule has 1 aromatic carbocycles. The van der Waals surface area contributed by atoms with Crippen LogP contribution >= 0.6 is 0 Å². The predicted molar refractivity (Wildman–Crippen MR) is 84.6 cm³/mol. The molecule has 1 aliphatic rings. The Hall–Kier alpha value is -3.08. The van der Waals surface area contributed by atoms with E-state index in [1.165, 1.54) is 4.90 Å². The van der Waals surface area contributed by atoms with Crippen LogP contribution in [0.5, 0.6) is 5.75 Å². The second-order valence-electron chi connectivity index (χ2n) is 5.22. The summed E-state index contributed by atoms with van der Waals surface area (Å²) in [6.07, 6.45) is -0.613. The lowest BCUT2D eigenvalue weighted by Gasteiger charge is -2.32. The van der Waals surface area contributed by atoms with E-state index in [2.05, 4.69) is 5.32 Å². The van der Waals surface area contributed by atoms with Crippen molar-refractivity contribution in [2.45, 2.75) is 32.3 Å². The maximum atomic E-state index is 12.2. The maximum Gasteiger partial charge on any atom is 0.303 e. The summed E-state index contributed by atoms with van der Waals surface area (Å²) >= 11 is 0. The van der Waals surface area contributed by atoms with Crippen molar-refractivity contribution < 1.29 is 24.2 Å². The molecule has 0 saturated carbocycles. The molecule has 0 saturated heterocycles. The summed E-state index contributed by atoms with van der Waals surface area (Å²) in [4.78, 5) is 35.8. The van der Waals surface area contributed by atoms with E-state index in [1.807, 2.05) is 6.07 Å². The van der Waals surface area contributed by atoms with Crippen molar-refractivity contribution in [3.05, 3.63) is 18.2 Å². The van der Waals surface area contributed by atoms with Crippen molar-refractivity contribution in [2.75, 3.05) is 16.8 Å². The van der Waals surface area contributed by atoms with Crippen molar-refractivity contribution in [1.29, 1.82) is 5.26 Å². The number of hydrogen-bond acceptors (Lipinski definition) is 5. The van der Waals surface area contributed by atoms with Crippen LogP contribution in [0.3, 0.4) is 0 Å². The number of anilines is 2. The second kappa shape index (κ2) is 7.46. The van der Waals surface area contributed by atoms with Crippen LogP contribution < -0.4 is 15.0 Å². The summed E-state index contributed by atoms with van der Waals surface area (Å²) in [5, 5.41) is 20.1. The first-order chi connectivity index (χ1) is 11.5. The third-order valence-corrected chi connectivity index (χ3v) is 3.51. The predicted octanol–water partition coefficient (Wildman–Crippen LogP) is 1.52. The average Bonchev–Trinajstić information content (AvgIpc) is 2.55. The summed E-state index contributed by atoms with van der Waals surface area (Å²) in [5.41, 5.74) is 0.903. The van der Waals surface area contributed by atoms with E-state index in [0.717, 1.165) is 0 Å². The van der Waals surface area contributed by atoms with Gasteiger partial charge in [-0.05, 0) is 18.6 Å². The van der Waals surface area contributed by atoms with Crippen LogP contribution in [0, 0.1) is 11.3 Å². The lowest BCUT2D eigenvalue weighted by molar-refractivity contribution is -0.138. The first-order valence-corrected chi connectivity index (χ1v) is 7.47. The van der Waals surface area contributed by atoms with Gasteiger partial charge in [-0.2, -0.15) is 5.26 Å². The number of carboxylic acids is 1. The van der Waals surface area contributed by atoms with Gasteiger partial charge in [0.2, 0.25) is 5.91 Å². The molecule has 2 N–H and O–H groups in total. The number of fused-ring (bicyclic) bond motifs is 1. The Balaban J connectivity index is 2.20. The minimum absolute atomic E-state index is 0.0873. The Bertz CT molecular complexity index is 710. The van der Waals surface area contributed by atoms with Gasteiger partial charge in [0.15, 0.2) is 6.10 Å². The molecule has 1 atom stereocenters. The van der Waals surface area contributed by atoms with Gasteiger partial charge in [0, 0.05) is 18.2 Å². The topological polar surface area (TPSA) is 120 Å². The first-order valence-electron chi connectivity index (χ1n) is 7.47. The van der Waals surface area contributed by atoms with Crippen LogP contribution in [0.15, 0.2) is 18.2 Å². The number of nitrogens with one attached hydrogen (secondary N) is 1. The number of carbonyl (C=O) groups excluding carboxylic acids is 2. The second-order valence-corrected chi connectivity index (χ2v) is 5.22. The number of nitriles is 1. The highest BCUT2D eigenvalue weighted by Gasteiger charge is 2.33. The highest BCUT2D eigenvalue weighted by molar-refractivity contribution is 6.01. The monoisotopic (exact) mass is 331 g/mol. The highest BCUT2D eigenvalue weighted by atomic mass is 16.5. The van der Waals surface area contributed by atoms with Gasteiger partial charge in [-0.3, -0.25) is 19.3 Å². The minimum atomic E-state index is -1.05. The Morgan fingerprint density at radius 2 is 2.17 bits per heavy atom. The van der Waals surface area contributed by atoms with Gasteiger partial charge in [-0.1, -0.05) is 6.92 Å². The van der Waals surface area contributed by atoms with Crippen molar-refractivity contribution in [2.24, 2.45) is 0 Å². The molecule has 1 heterocycles. The average molecular weight is 331 g/mol. The molecule has 2 rings (SSSR count). The van der Waals surface area contributed by atoms with Crippen LogP contribution in [0.25, 0.3) is 0 Å². The molecular formula is C16H17N3O5. The fraction of sp³-hybridized carbons (Fsp3) is 0.375. The molecular weight excluding hydrogens is 314 g/mol. The van der Waals surface area contributed by atoms with E-state index in [0.29, 0.717) is 23.5 Å². The first kappa shape index (κ1) is 17.3. The van der Waals surface area contributed by atoms with E-state index in [9.17, 15) is 14.4 Å². The lowest BCUT2D eigenvalue weighted by Crippen LogP contribution is -2.45. The molecule has 8 heteroatoms. The Kier molecular flexibility index (Phi) is 5.37. The van der Waals surface area contributed by atoms with Gasteiger partial charge in [0.05, 0.1) is 18.2 Å². The molecule has 24 heavy (non-hydrogen) atoms. The number of nitrogens with zero attached hydrogens (tertiary/aromatic N) is 2. The van der Waals surface area contributed by atoms with Crippen molar-refractivity contribution in [1.82, 2.24) is 0 Å². The highest BCUT2D eigenvalue weighted by Crippen LogP contribution is 2.36. The number of aliphatic carboxylic acids is 1. The van der Waals surface area contributed by atoms with E-state index < -0.39 is 18.0 Å². The third kappa shape index (κ3) is 3.81. The number of carbonyl (C=O) groups is 3. The van der Waals surface area contributed by atoms with E-state index >= 15 is 0 Å². The molecule has 0 bridgehead atoms. The number of benzene rings is 1. The zero-order valence-electron chi connectivity index (χ0n) is 13.1. The van der Waals surface area contributed by atoms with Crippen LogP contribution in [0.1, 0.15) is 26.2 Å². The van der Waals surface area contributed by atoms with Crippen LogP contribution in [0.4, 0.5) is 11.4 Å². The number of rotatable bonds is 6. The standard InChI is InChI=1S/C16H17N3O5/c1-2-12-16(23)19(8-7-17)11-4-3-10(9-13(11)24-12)18-14(20)5-6-15(21)22/h3-4,9,12H,2,5-6,8H2,1H3,(H,18,20)(H,21,22). The minimum Gasteiger partial charge on any atom is -0.481 e. The quantitative estimate of drug-likeness (QED) is 0.763. The van der Waals surface area contributed by atoms with E-state index in [4.69, 9.17) is 15.1 Å². The van der Waals surface area contributed by atoms with Gasteiger partial charge in [0.25, 0.3) is 5.91 Å². The summed E-state index contributed by atoms with van der Waals surface area (Å²) < 4.78 is 5.64. The van der Waals surface area contributed by atoms with Crippen molar-refractivity contribution >= 4 is 29.2 Å². The summed E-state index contributed by atoms with van der Waals surface area (Å²) in [6.45, 7) is 1.71. The van der Waals surface area contributed by atoms with E-state index in [-0.39, 0.29) is 25.3 Å². The molecule has 126 valence electrons. The van der Waals surface area contributed by atoms with Crippen LogP contribution in [0.2, 0.25) is 0 Å². The molecule has 0 aromatic heterocycles. The zero-order chi connectivity index (χ0) is 17.7. The van der Waals surface area contributed by atoms with Gasteiger partial charge >= 0.3 is 5.97 Å². The molecule has 1 aliphatic heterocycles. The number of hydrogen-bond donors (Lipinski definition) is 2. The number of ether oxygens (including phenoxy) is 1. The summed E-state index contributed by atoms with van der Waals surface area (Å²) in [5.74, 6) is -1.35. The van der Waals surface area contributed by atoms with Crippen molar-refractivity contribution in [3.63, 3.8) is 0 Å². The molecule has 0 spiro atoms. The molecule has 0 fully saturated rings. The van der Waals surface area contributed by atoms with Gasteiger partial charge in [0.1, 0.15) is 12.3 Å². The van der Waals surface area contributed by atoms with Crippen LogP contribution in [-0.4, -0.2) is 35.5 Å². The zero-order valence-corrected chi connectivity index (χ0v) is 13.1. The number of carboxylic acid groups (broad SMARTS) is 1. The number of amides is 2. The van der Waals surface area contributed by atoms with Gasteiger partial charge < -0.3 is 15.2 Å². The van der Waals surface area contributed by atoms with Crippen LogP contribution in [-0.2, 0) is 14.4 Å². The Labute approximate surface area is 138 Å². The summed E-state index contributed by atoms with van der Waals surface area (Å²) in [7, 11) is 0. The molecule has 0 radical (unpaired) electrons. The normalized spacial score (nSPS) is 15.9. The fourth-order valence-corrected chi connectivity index (χ4v) is 2.34. The molecule has 0 aliphatic carbocycles. The molecule has 1 unspecified atom stereocenters. The van der Waals surface area contributed by atoms with Gasteiger partial charge in [-0.15, -0.1) is 0 Å².